The number of anilines is 1. The van der Waals surface area contributed by atoms with Gasteiger partial charge < -0.3 is 5.32 Å². The van der Waals surface area contributed by atoms with Gasteiger partial charge in [0, 0.05) is 15.6 Å². The third-order valence-corrected chi connectivity index (χ3v) is 6.10. The highest BCUT2D eigenvalue weighted by Gasteiger charge is 2.15. The number of halogens is 3. The molecule has 0 aliphatic heterocycles. The quantitative estimate of drug-likeness (QED) is 0.336. The van der Waals surface area contributed by atoms with E-state index in [0.717, 1.165) is 25.3 Å². The van der Waals surface area contributed by atoms with Gasteiger partial charge in [0.25, 0.3) is 5.91 Å². The Balaban J connectivity index is 1.72. The summed E-state index contributed by atoms with van der Waals surface area (Å²) in [5, 5.41) is 4.48. The molecule has 0 bridgehead atoms. The summed E-state index contributed by atoms with van der Waals surface area (Å²) in [4.78, 5) is 17.2. The predicted octanol–water partition coefficient (Wildman–Crippen LogP) is 7.28. The zero-order chi connectivity index (χ0) is 19.0. The maximum atomic E-state index is 12.6. The van der Waals surface area contributed by atoms with Gasteiger partial charge >= 0.3 is 0 Å². The fraction of sp³-hybridized carbons (Fsp3) is 0. The number of rotatable bonds is 3. The molecule has 1 amide bonds. The van der Waals surface area contributed by atoms with Crippen molar-refractivity contribution >= 4 is 72.3 Å². The smallest absolute Gasteiger partial charge is 0.255 e. The van der Waals surface area contributed by atoms with Gasteiger partial charge in [0.1, 0.15) is 5.01 Å². The number of aromatic nitrogens is 1. The lowest BCUT2D eigenvalue weighted by Gasteiger charge is -2.10. The fourth-order valence-corrected chi connectivity index (χ4v) is 4.59. The van der Waals surface area contributed by atoms with Crippen LogP contribution in [0.3, 0.4) is 0 Å². The van der Waals surface area contributed by atoms with Crippen LogP contribution < -0.4 is 5.32 Å². The van der Waals surface area contributed by atoms with Crippen molar-refractivity contribution < 1.29 is 4.79 Å². The highest BCUT2D eigenvalue weighted by Crippen LogP contribution is 2.39. The first-order chi connectivity index (χ1) is 13.0. The number of hydrogen-bond acceptors (Lipinski definition) is 3. The molecule has 0 fully saturated rings. The second-order valence-corrected chi connectivity index (χ2v) is 8.52. The summed E-state index contributed by atoms with van der Waals surface area (Å²) in [7, 11) is 0. The zero-order valence-electron chi connectivity index (χ0n) is 13.7. The highest BCUT2D eigenvalue weighted by molar-refractivity contribution is 9.10. The first kappa shape index (κ1) is 18.4. The van der Waals surface area contributed by atoms with E-state index < -0.39 is 0 Å². The molecule has 0 aliphatic rings. The standard InChI is InChI=1S/C20H11BrCl2N2OS/c21-12-5-3-4-11(8-12)19(26)24-17-9-13(14(22)10-15(17)23)20-25-16-6-1-2-7-18(16)27-20/h1-10H,(H,24,26). The molecule has 134 valence electrons. The predicted molar refractivity (Wildman–Crippen MR) is 117 cm³/mol. The Bertz CT molecular complexity index is 1140. The molecule has 0 spiro atoms. The minimum atomic E-state index is -0.254. The van der Waals surface area contributed by atoms with Gasteiger partial charge in [0.05, 0.1) is 25.9 Å². The van der Waals surface area contributed by atoms with E-state index in [1.54, 1.807) is 30.3 Å². The van der Waals surface area contributed by atoms with Crippen molar-refractivity contribution in [2.75, 3.05) is 5.32 Å². The van der Waals surface area contributed by atoms with E-state index in [-0.39, 0.29) is 5.91 Å². The Kier molecular flexibility index (Phi) is 5.19. The van der Waals surface area contributed by atoms with Crippen LogP contribution in [0, 0.1) is 0 Å². The molecular formula is C20H11BrCl2N2OS. The molecule has 27 heavy (non-hydrogen) atoms. The molecule has 0 saturated heterocycles. The van der Waals surface area contributed by atoms with Crippen LogP contribution in [0.25, 0.3) is 20.8 Å². The third-order valence-electron chi connectivity index (χ3n) is 3.92. The van der Waals surface area contributed by atoms with Crippen LogP contribution >= 0.6 is 50.5 Å². The molecule has 0 radical (unpaired) electrons. The first-order valence-corrected chi connectivity index (χ1v) is 10.3. The van der Waals surface area contributed by atoms with Crippen LogP contribution in [0.2, 0.25) is 10.0 Å². The van der Waals surface area contributed by atoms with E-state index in [9.17, 15) is 4.79 Å². The molecule has 4 aromatic rings. The average molecular weight is 478 g/mol. The van der Waals surface area contributed by atoms with Crippen LogP contribution in [0.15, 0.2) is 65.1 Å². The Morgan fingerprint density at radius 2 is 1.81 bits per heavy atom. The summed E-state index contributed by atoms with van der Waals surface area (Å²) >= 11 is 17.6. The fourth-order valence-electron chi connectivity index (χ4n) is 2.62. The number of para-hydroxylation sites is 1. The second kappa shape index (κ2) is 7.60. The number of fused-ring (bicyclic) bond motifs is 1. The maximum absolute atomic E-state index is 12.6. The van der Waals surface area contributed by atoms with Crippen LogP contribution in [0.1, 0.15) is 10.4 Å². The minimum Gasteiger partial charge on any atom is -0.321 e. The number of nitrogens with one attached hydrogen (secondary N) is 1. The van der Waals surface area contributed by atoms with Gasteiger partial charge in [0.2, 0.25) is 0 Å². The van der Waals surface area contributed by atoms with Gasteiger partial charge in [0.15, 0.2) is 0 Å². The lowest BCUT2D eigenvalue weighted by molar-refractivity contribution is 0.102. The Hall–Kier alpha value is -1.92. The van der Waals surface area contributed by atoms with E-state index in [0.29, 0.717) is 21.3 Å². The minimum absolute atomic E-state index is 0.254. The van der Waals surface area contributed by atoms with Crippen LogP contribution in [-0.2, 0) is 0 Å². The van der Waals surface area contributed by atoms with Crippen molar-refractivity contribution in [2.45, 2.75) is 0 Å². The molecule has 1 aromatic heterocycles. The maximum Gasteiger partial charge on any atom is 0.255 e. The lowest BCUT2D eigenvalue weighted by Crippen LogP contribution is -2.12. The van der Waals surface area contributed by atoms with Crippen LogP contribution in [0.4, 0.5) is 5.69 Å². The number of carbonyl (C=O) groups is 1. The normalized spacial score (nSPS) is 10.9. The van der Waals surface area contributed by atoms with E-state index in [2.05, 4.69) is 26.2 Å². The van der Waals surface area contributed by atoms with E-state index in [1.165, 1.54) is 11.3 Å². The molecular weight excluding hydrogens is 467 g/mol. The van der Waals surface area contributed by atoms with Gasteiger partial charge in [-0.3, -0.25) is 4.79 Å². The van der Waals surface area contributed by atoms with Crippen LogP contribution in [0.5, 0.6) is 0 Å². The summed E-state index contributed by atoms with van der Waals surface area (Å²) in [5.74, 6) is -0.254. The third kappa shape index (κ3) is 3.87. The van der Waals surface area contributed by atoms with Gasteiger partial charge in [-0.2, -0.15) is 0 Å². The Morgan fingerprint density at radius 1 is 1.00 bits per heavy atom. The second-order valence-electron chi connectivity index (χ2n) is 5.76. The summed E-state index contributed by atoms with van der Waals surface area (Å²) in [6.45, 7) is 0. The van der Waals surface area contributed by atoms with E-state index >= 15 is 0 Å². The zero-order valence-corrected chi connectivity index (χ0v) is 17.6. The van der Waals surface area contributed by atoms with Crippen molar-refractivity contribution in [3.63, 3.8) is 0 Å². The number of hydrogen-bond donors (Lipinski definition) is 1. The van der Waals surface area contributed by atoms with Gasteiger partial charge in [-0.05, 0) is 42.5 Å². The monoisotopic (exact) mass is 476 g/mol. The summed E-state index contributed by atoms with van der Waals surface area (Å²) in [5.41, 5.74) is 2.65. The lowest BCUT2D eigenvalue weighted by atomic mass is 10.1. The van der Waals surface area contributed by atoms with E-state index in [4.69, 9.17) is 23.2 Å². The number of nitrogens with zero attached hydrogens (tertiary/aromatic N) is 1. The molecule has 0 atom stereocenters. The summed E-state index contributed by atoms with van der Waals surface area (Å²) in [6.07, 6.45) is 0. The Morgan fingerprint density at radius 3 is 2.59 bits per heavy atom. The van der Waals surface area contributed by atoms with Crippen LogP contribution in [-0.4, -0.2) is 10.9 Å². The van der Waals surface area contributed by atoms with Crippen molar-refractivity contribution in [3.8, 4) is 10.6 Å². The van der Waals surface area contributed by atoms with Crippen molar-refractivity contribution in [2.24, 2.45) is 0 Å². The molecule has 1 heterocycles. The number of benzene rings is 3. The first-order valence-electron chi connectivity index (χ1n) is 7.93. The average Bonchev–Trinajstić information content (AvgIpc) is 3.07. The molecule has 0 unspecified atom stereocenters. The van der Waals surface area contributed by atoms with Crippen molar-refractivity contribution in [1.29, 1.82) is 0 Å². The molecule has 4 rings (SSSR count). The van der Waals surface area contributed by atoms with Gasteiger partial charge in [-0.1, -0.05) is 57.3 Å². The van der Waals surface area contributed by atoms with Gasteiger partial charge in [-0.15, -0.1) is 11.3 Å². The Labute approximate surface area is 178 Å². The van der Waals surface area contributed by atoms with E-state index in [1.807, 2.05) is 30.3 Å². The molecule has 3 aromatic carbocycles. The van der Waals surface area contributed by atoms with Crippen molar-refractivity contribution in [3.05, 3.63) is 80.7 Å². The largest absolute Gasteiger partial charge is 0.321 e. The topological polar surface area (TPSA) is 42.0 Å². The van der Waals surface area contributed by atoms with Crippen molar-refractivity contribution in [1.82, 2.24) is 4.98 Å². The van der Waals surface area contributed by atoms with Gasteiger partial charge in [-0.25, -0.2) is 4.98 Å². The molecule has 1 N–H and O–H groups in total. The summed E-state index contributed by atoms with van der Waals surface area (Å²) < 4.78 is 1.89. The molecule has 7 heteroatoms. The molecule has 3 nitrogen and oxygen atoms in total. The molecule has 0 aliphatic carbocycles. The highest BCUT2D eigenvalue weighted by atomic mass is 79.9. The number of amides is 1. The molecule has 0 saturated carbocycles. The SMILES string of the molecule is O=C(Nc1cc(-c2nc3ccccc3s2)c(Cl)cc1Cl)c1cccc(Br)c1. The summed E-state index contributed by atoms with van der Waals surface area (Å²) in [6, 6.07) is 18.4. The number of thiazole rings is 1. The number of carbonyl (C=O) groups excluding carboxylic acids is 1.